The Morgan fingerprint density at radius 2 is 1.78 bits per heavy atom. The summed E-state index contributed by atoms with van der Waals surface area (Å²) in [5.41, 5.74) is 2.20. The number of hydrogen-bond donors (Lipinski definition) is 2. The quantitative estimate of drug-likeness (QED) is 0.660. The van der Waals surface area contributed by atoms with Crippen LogP contribution in [0.3, 0.4) is 0 Å². The summed E-state index contributed by atoms with van der Waals surface area (Å²) in [7, 11) is 1.61. The summed E-state index contributed by atoms with van der Waals surface area (Å²) in [6.45, 7) is 0.369. The Morgan fingerprint density at radius 3 is 2.44 bits per heavy atom. The van der Waals surface area contributed by atoms with Crippen molar-refractivity contribution in [2.24, 2.45) is 0 Å². The van der Waals surface area contributed by atoms with Crippen LogP contribution in [0.25, 0.3) is 0 Å². The maximum absolute atomic E-state index is 13.0. The van der Waals surface area contributed by atoms with E-state index in [1.807, 2.05) is 54.6 Å². The minimum Gasteiger partial charge on any atom is -0.508 e. The summed E-state index contributed by atoms with van der Waals surface area (Å²) >= 11 is 6.10. The van der Waals surface area contributed by atoms with E-state index in [0.717, 1.165) is 16.9 Å². The maximum Gasteiger partial charge on any atom is 0.232 e. The van der Waals surface area contributed by atoms with Gasteiger partial charge in [0, 0.05) is 17.1 Å². The third kappa shape index (κ3) is 4.60. The first-order valence-corrected chi connectivity index (χ1v) is 8.90. The number of rotatable bonds is 6. The molecule has 3 aromatic carbocycles. The number of methoxy groups -OCH3 is 1. The standard InChI is InChI=1S/C22H20ClNO3/c1-27-18-10-7-15(8-11-18)14-24-22(26)21(16-5-3-2-4-6-16)19-13-17(23)9-12-20(19)25/h2-13,21,25H,14H2,1H3,(H,24,26). The van der Waals surface area contributed by atoms with Crippen LogP contribution in [0.4, 0.5) is 0 Å². The van der Waals surface area contributed by atoms with E-state index in [2.05, 4.69) is 5.32 Å². The lowest BCUT2D eigenvalue weighted by atomic mass is 9.89. The zero-order chi connectivity index (χ0) is 19.2. The molecular formula is C22H20ClNO3. The summed E-state index contributed by atoms with van der Waals surface area (Å²) in [4.78, 5) is 13.0. The molecule has 27 heavy (non-hydrogen) atoms. The van der Waals surface area contributed by atoms with Crippen molar-refractivity contribution in [3.8, 4) is 11.5 Å². The van der Waals surface area contributed by atoms with Crippen LogP contribution in [0.2, 0.25) is 5.02 Å². The second-order valence-corrected chi connectivity index (χ2v) is 6.55. The van der Waals surface area contributed by atoms with E-state index in [1.165, 1.54) is 6.07 Å². The van der Waals surface area contributed by atoms with E-state index < -0.39 is 5.92 Å². The number of aromatic hydroxyl groups is 1. The number of ether oxygens (including phenoxy) is 1. The van der Waals surface area contributed by atoms with Gasteiger partial charge in [-0.15, -0.1) is 0 Å². The van der Waals surface area contributed by atoms with Crippen molar-refractivity contribution >= 4 is 17.5 Å². The highest BCUT2D eigenvalue weighted by Gasteiger charge is 2.25. The van der Waals surface area contributed by atoms with Crippen molar-refractivity contribution in [3.05, 3.63) is 94.5 Å². The summed E-state index contributed by atoms with van der Waals surface area (Å²) in [5.74, 6) is -0.0818. The minimum atomic E-state index is -0.664. The number of carbonyl (C=O) groups excluding carboxylic acids is 1. The Labute approximate surface area is 163 Å². The number of phenols is 1. The average molecular weight is 382 g/mol. The zero-order valence-electron chi connectivity index (χ0n) is 14.9. The molecule has 3 aromatic rings. The average Bonchev–Trinajstić information content (AvgIpc) is 2.70. The number of halogens is 1. The summed E-state index contributed by atoms with van der Waals surface area (Å²) in [6.07, 6.45) is 0. The van der Waals surface area contributed by atoms with E-state index in [-0.39, 0.29) is 11.7 Å². The Hall–Kier alpha value is -2.98. The largest absolute Gasteiger partial charge is 0.508 e. The van der Waals surface area contributed by atoms with Crippen LogP contribution in [-0.2, 0) is 11.3 Å². The molecule has 0 spiro atoms. The molecule has 5 heteroatoms. The monoisotopic (exact) mass is 381 g/mol. The van der Waals surface area contributed by atoms with Crippen LogP contribution in [0, 0.1) is 0 Å². The molecule has 0 fully saturated rings. The zero-order valence-corrected chi connectivity index (χ0v) is 15.6. The first-order valence-electron chi connectivity index (χ1n) is 8.52. The lowest BCUT2D eigenvalue weighted by molar-refractivity contribution is -0.121. The second-order valence-electron chi connectivity index (χ2n) is 6.11. The molecule has 0 bridgehead atoms. The van der Waals surface area contributed by atoms with Crippen LogP contribution in [0.1, 0.15) is 22.6 Å². The lowest BCUT2D eigenvalue weighted by Crippen LogP contribution is -2.29. The molecule has 0 aliphatic heterocycles. The van der Waals surface area contributed by atoms with Gasteiger partial charge in [0.25, 0.3) is 0 Å². The van der Waals surface area contributed by atoms with Gasteiger partial charge in [-0.1, -0.05) is 54.1 Å². The summed E-state index contributed by atoms with van der Waals surface area (Å²) < 4.78 is 5.15. The number of amides is 1. The van der Waals surface area contributed by atoms with Gasteiger partial charge in [0.05, 0.1) is 13.0 Å². The molecule has 138 valence electrons. The van der Waals surface area contributed by atoms with Crippen LogP contribution in [-0.4, -0.2) is 18.1 Å². The molecule has 1 atom stereocenters. The van der Waals surface area contributed by atoms with Gasteiger partial charge in [0.15, 0.2) is 0 Å². The summed E-state index contributed by atoms with van der Waals surface area (Å²) in [5, 5.41) is 13.7. The van der Waals surface area contributed by atoms with Gasteiger partial charge in [-0.2, -0.15) is 0 Å². The van der Waals surface area contributed by atoms with Gasteiger partial charge in [0.2, 0.25) is 5.91 Å². The maximum atomic E-state index is 13.0. The highest BCUT2D eigenvalue weighted by molar-refractivity contribution is 6.30. The molecule has 0 aliphatic rings. The van der Waals surface area contributed by atoms with E-state index in [9.17, 15) is 9.90 Å². The predicted molar refractivity (Wildman–Crippen MR) is 106 cm³/mol. The van der Waals surface area contributed by atoms with Crippen molar-refractivity contribution in [1.82, 2.24) is 5.32 Å². The molecule has 0 aromatic heterocycles. The van der Waals surface area contributed by atoms with E-state index >= 15 is 0 Å². The Morgan fingerprint density at radius 1 is 1.07 bits per heavy atom. The number of benzene rings is 3. The molecular weight excluding hydrogens is 362 g/mol. The van der Waals surface area contributed by atoms with Gasteiger partial charge >= 0.3 is 0 Å². The van der Waals surface area contributed by atoms with E-state index in [0.29, 0.717) is 17.1 Å². The number of hydrogen-bond acceptors (Lipinski definition) is 3. The molecule has 4 nitrogen and oxygen atoms in total. The molecule has 1 amide bonds. The SMILES string of the molecule is COc1ccc(CNC(=O)C(c2ccccc2)c2cc(Cl)ccc2O)cc1. The first kappa shape index (κ1) is 18.8. The Bertz CT molecular complexity index is 911. The van der Waals surface area contributed by atoms with Crippen molar-refractivity contribution in [2.45, 2.75) is 12.5 Å². The molecule has 3 rings (SSSR count). The second kappa shape index (κ2) is 8.60. The number of nitrogens with one attached hydrogen (secondary N) is 1. The van der Waals surface area contributed by atoms with Crippen LogP contribution >= 0.6 is 11.6 Å². The van der Waals surface area contributed by atoms with Crippen LogP contribution in [0.15, 0.2) is 72.8 Å². The minimum absolute atomic E-state index is 0.0350. The Kier molecular flexibility index (Phi) is 5.99. The molecule has 0 radical (unpaired) electrons. The Balaban J connectivity index is 1.86. The van der Waals surface area contributed by atoms with Gasteiger partial charge in [-0.05, 0) is 41.5 Å². The third-order valence-electron chi connectivity index (χ3n) is 4.32. The van der Waals surface area contributed by atoms with E-state index in [1.54, 1.807) is 19.2 Å². The number of carbonyl (C=O) groups is 1. The van der Waals surface area contributed by atoms with Gasteiger partial charge in [0.1, 0.15) is 11.5 Å². The summed E-state index contributed by atoms with van der Waals surface area (Å²) in [6, 6.07) is 21.5. The molecule has 0 heterocycles. The third-order valence-corrected chi connectivity index (χ3v) is 4.56. The highest BCUT2D eigenvalue weighted by Crippen LogP contribution is 2.33. The van der Waals surface area contributed by atoms with Gasteiger partial charge in [-0.25, -0.2) is 0 Å². The van der Waals surface area contributed by atoms with Crippen molar-refractivity contribution in [3.63, 3.8) is 0 Å². The first-order chi connectivity index (χ1) is 13.1. The van der Waals surface area contributed by atoms with E-state index in [4.69, 9.17) is 16.3 Å². The topological polar surface area (TPSA) is 58.6 Å². The normalized spacial score (nSPS) is 11.6. The molecule has 1 unspecified atom stereocenters. The smallest absolute Gasteiger partial charge is 0.232 e. The molecule has 2 N–H and O–H groups in total. The van der Waals surface area contributed by atoms with Crippen molar-refractivity contribution < 1.29 is 14.6 Å². The number of phenolic OH excluding ortho intramolecular Hbond substituents is 1. The van der Waals surface area contributed by atoms with Crippen molar-refractivity contribution in [1.29, 1.82) is 0 Å². The fourth-order valence-corrected chi connectivity index (χ4v) is 3.09. The molecule has 0 aliphatic carbocycles. The van der Waals surface area contributed by atoms with Crippen LogP contribution < -0.4 is 10.1 Å². The fraction of sp³-hybridized carbons (Fsp3) is 0.136. The molecule has 0 saturated carbocycles. The fourth-order valence-electron chi connectivity index (χ4n) is 2.91. The van der Waals surface area contributed by atoms with Crippen LogP contribution in [0.5, 0.6) is 11.5 Å². The van der Waals surface area contributed by atoms with Gasteiger partial charge in [-0.3, -0.25) is 4.79 Å². The van der Waals surface area contributed by atoms with Crippen molar-refractivity contribution in [2.75, 3.05) is 7.11 Å². The highest BCUT2D eigenvalue weighted by atomic mass is 35.5. The molecule has 0 saturated heterocycles. The lowest BCUT2D eigenvalue weighted by Gasteiger charge is -2.19. The van der Waals surface area contributed by atoms with Gasteiger partial charge < -0.3 is 15.2 Å². The predicted octanol–water partition coefficient (Wildman–Crippen LogP) is 4.50.